The van der Waals surface area contributed by atoms with Gasteiger partial charge < -0.3 is 72.1 Å². The average molecular weight is 1090 g/mol. The number of nitrogens with zero attached hydrogens (tertiary/aromatic N) is 2. The fourth-order valence-electron chi connectivity index (χ4n) is 11.9. The molecule has 1 saturated heterocycles. The largest absolute Gasteiger partial charge is 0.416 e. The fourth-order valence-corrected chi connectivity index (χ4v) is 35.2. The Hall–Kier alpha value is -4.39. The average Bonchev–Trinajstić information content (AvgIpc) is 3.26. The Bertz CT molecular complexity index is 2220. The lowest BCUT2D eigenvalue weighted by atomic mass is 9.76. The summed E-state index contributed by atoms with van der Waals surface area (Å²) < 4.78 is 30.7. The Labute approximate surface area is 450 Å². The molecular formula is C54H96N12O4Si4. The summed E-state index contributed by atoms with van der Waals surface area (Å²) in [5, 5.41) is 34.1. The van der Waals surface area contributed by atoms with Crippen molar-refractivity contribution in [2.45, 2.75) is 183 Å². The van der Waals surface area contributed by atoms with E-state index in [4.69, 9.17) is 50.9 Å². The van der Waals surface area contributed by atoms with Gasteiger partial charge in [0.15, 0.2) is 0 Å². The van der Waals surface area contributed by atoms with Crippen molar-refractivity contribution >= 4 is 34.2 Å². The predicted molar refractivity (Wildman–Crippen MR) is 309 cm³/mol. The molecule has 0 atom stereocenters. The predicted octanol–water partition coefficient (Wildman–Crippen LogP) is 8.82. The molecular weight excluding hydrogens is 993 g/mol. The first-order valence-electron chi connectivity index (χ1n) is 27.1. The van der Waals surface area contributed by atoms with Crippen LogP contribution in [-0.2, 0) is 16.5 Å². The third kappa shape index (κ3) is 18.4. The van der Waals surface area contributed by atoms with Gasteiger partial charge in [0.05, 0.1) is 11.6 Å². The van der Waals surface area contributed by atoms with Crippen molar-refractivity contribution in [3.05, 3.63) is 92.4 Å². The molecule has 1 aliphatic heterocycles. The van der Waals surface area contributed by atoms with Crippen LogP contribution in [0.15, 0.2) is 92.4 Å². The van der Waals surface area contributed by atoms with Crippen LogP contribution in [0.2, 0.25) is 50.4 Å². The van der Waals surface area contributed by atoms with E-state index in [1.807, 2.05) is 0 Å². The highest BCUT2D eigenvalue weighted by Gasteiger charge is 2.56. The summed E-state index contributed by atoms with van der Waals surface area (Å²) in [6.07, 6.45) is 18.5. The third-order valence-electron chi connectivity index (χ3n) is 14.8. The number of nitrogens with two attached hydrogens (primary N) is 6. The Morgan fingerprint density at radius 1 is 0.419 bits per heavy atom. The van der Waals surface area contributed by atoms with Gasteiger partial charge in [0.25, 0.3) is 0 Å². The zero-order valence-electron chi connectivity index (χ0n) is 47.4. The van der Waals surface area contributed by atoms with Crippen LogP contribution in [0.25, 0.3) is 0 Å². The molecule has 0 amide bonds. The molecule has 0 aromatic rings. The maximum absolute atomic E-state index is 9.62. The topological polar surface area (TPSA) is 289 Å². The minimum Gasteiger partial charge on any atom is -0.416 e. The lowest BCUT2D eigenvalue weighted by Crippen LogP contribution is -2.67. The molecule has 1 heterocycles. The molecule has 0 saturated carbocycles. The zero-order valence-corrected chi connectivity index (χ0v) is 51.4. The molecule has 1 fully saturated rings. The van der Waals surface area contributed by atoms with Crippen molar-refractivity contribution in [3.8, 4) is 12.1 Å². The first-order chi connectivity index (χ1) is 34.3. The second kappa shape index (κ2) is 24.3. The molecule has 0 unspecified atom stereocenters. The normalized spacial score (nSPS) is 29.8. The molecule has 5 aliphatic rings. The number of rotatable bonds is 20. The summed E-state index contributed by atoms with van der Waals surface area (Å²) in [6.45, 7) is 29.8. The first-order valence-corrected chi connectivity index (χ1v) is 37.2. The minimum atomic E-state index is -2.99. The Balaban J connectivity index is 1.41. The Kier molecular flexibility index (Phi) is 19.9. The lowest BCUT2D eigenvalue weighted by molar-refractivity contribution is 0.220. The van der Waals surface area contributed by atoms with Gasteiger partial charge in [-0.05, 0) is 196 Å². The first kappa shape index (κ1) is 60.5. The summed E-state index contributed by atoms with van der Waals surface area (Å²) >= 11 is 0. The molecule has 0 radical (unpaired) electrons. The van der Waals surface area contributed by atoms with Crippen molar-refractivity contribution < 1.29 is 16.5 Å². The molecule has 0 bridgehead atoms. The summed E-state index contributed by atoms with van der Waals surface area (Å²) in [7, 11) is -12.0. The van der Waals surface area contributed by atoms with Gasteiger partial charge >= 0.3 is 34.2 Å². The van der Waals surface area contributed by atoms with E-state index in [1.165, 1.54) is 0 Å². The summed E-state index contributed by atoms with van der Waals surface area (Å²) in [6, 6.07) is 7.34. The Morgan fingerprint density at radius 2 is 0.635 bits per heavy atom. The van der Waals surface area contributed by atoms with Crippen molar-refractivity contribution in [2.75, 3.05) is 26.2 Å². The quantitative estimate of drug-likeness (QED) is 0.0309. The Morgan fingerprint density at radius 3 is 0.851 bits per heavy atom. The monoisotopic (exact) mass is 1090 g/mol. The highest BCUT2D eigenvalue weighted by Crippen LogP contribution is 2.43. The third-order valence-corrected chi connectivity index (χ3v) is 33.7. The second-order valence-electron chi connectivity index (χ2n) is 25.9. The van der Waals surface area contributed by atoms with E-state index < -0.39 is 34.2 Å². The zero-order chi connectivity index (χ0) is 55.0. The van der Waals surface area contributed by atoms with E-state index in [2.05, 4.69) is 139 Å². The lowest BCUT2D eigenvalue weighted by Gasteiger charge is -2.50. The molecule has 74 heavy (non-hydrogen) atoms. The van der Waals surface area contributed by atoms with Crippen molar-refractivity contribution in [2.24, 2.45) is 56.1 Å². The second-order valence-corrected chi connectivity index (χ2v) is 40.2. The number of allylic oxidation sites excluding steroid dienone is 14. The molecule has 0 aromatic carbocycles. The number of nitriles is 2. The van der Waals surface area contributed by atoms with Gasteiger partial charge in [0, 0.05) is 49.0 Å². The van der Waals surface area contributed by atoms with Crippen LogP contribution >= 0.6 is 0 Å². The van der Waals surface area contributed by atoms with Crippen LogP contribution in [0.1, 0.15) is 132 Å². The standard InChI is InChI=1S/C54H96N12O4Si4/c1-51(2)29-39(47(57)37-55)25-43(33-51)63-17-13-21-71(9)67-73(11,23-15-19-65-45-27-41(49(59)60)31-53(5,6)35-45)69-72(10,22-14-18-64-44-26-40(48(58)38-56)30-52(3,4)34-44)70-74(12,68-71)24-16-20-66-46-28-42(50(61)62)32-54(7,8)36-46/h25-28,63-66H,13-24,29-36,57-62H2,1-12H3/b47-39+,48-40+. The van der Waals surface area contributed by atoms with Gasteiger partial charge in [-0.15, -0.1) is 0 Å². The van der Waals surface area contributed by atoms with E-state index in [1.54, 1.807) is 0 Å². The maximum atomic E-state index is 9.62. The molecule has 5 rings (SSSR count). The van der Waals surface area contributed by atoms with Gasteiger partial charge in [-0.25, -0.2) is 0 Å². The molecule has 4 aliphatic carbocycles. The summed E-state index contributed by atoms with van der Waals surface area (Å²) in [5.74, 6) is 0.756. The van der Waals surface area contributed by atoms with Crippen LogP contribution in [0, 0.1) is 44.3 Å². The van der Waals surface area contributed by atoms with Crippen LogP contribution in [-0.4, -0.2) is 60.4 Å². The van der Waals surface area contributed by atoms with Crippen molar-refractivity contribution in [3.63, 3.8) is 0 Å². The molecule has 412 valence electrons. The fraction of sp³-hybridized carbons (Fsp3) is 0.667. The molecule has 16 N–H and O–H groups in total. The smallest absolute Gasteiger partial charge is 0.317 e. The van der Waals surface area contributed by atoms with Gasteiger partial charge in [0.2, 0.25) is 0 Å². The van der Waals surface area contributed by atoms with Gasteiger partial charge in [0.1, 0.15) is 23.5 Å². The molecule has 20 heteroatoms. The molecule has 0 aromatic heterocycles. The van der Waals surface area contributed by atoms with Gasteiger partial charge in [-0.1, -0.05) is 55.4 Å². The van der Waals surface area contributed by atoms with Crippen LogP contribution in [0.4, 0.5) is 0 Å². The molecule has 16 nitrogen and oxygen atoms in total. The van der Waals surface area contributed by atoms with Crippen molar-refractivity contribution in [1.29, 1.82) is 10.5 Å². The summed E-state index contributed by atoms with van der Waals surface area (Å²) in [5.41, 5.74) is 45.6. The minimum absolute atomic E-state index is 0.0231. The van der Waals surface area contributed by atoms with Crippen LogP contribution in [0.3, 0.4) is 0 Å². The van der Waals surface area contributed by atoms with Crippen LogP contribution in [0.5, 0.6) is 0 Å². The van der Waals surface area contributed by atoms with E-state index in [0.717, 1.165) is 172 Å². The van der Waals surface area contributed by atoms with Crippen LogP contribution < -0.4 is 55.7 Å². The maximum Gasteiger partial charge on any atom is 0.317 e. The highest BCUT2D eigenvalue weighted by molar-refractivity contribution is 6.93. The highest BCUT2D eigenvalue weighted by atomic mass is 28.5. The SMILES string of the molecule is CC1(C)CC(NCCC[Si]2(C)O[Si](C)(CCCNC3=C/C(=C(\N)C#N)CC(C)(C)C3)O[Si](C)(CCCNC3=CC(=C(N)N)CC(C)(C)C3)O[Si](C)(CCCNC3=C/C(=C(\N)C#N)CC(C)(C)C3)O2)=CC(=C(N)N)C1. The number of hydrogen-bond donors (Lipinski definition) is 10. The number of nitrogens with one attached hydrogen (secondary N) is 4. The van der Waals surface area contributed by atoms with Gasteiger partial charge in [-0.2, -0.15) is 10.5 Å². The molecule has 0 spiro atoms. The van der Waals surface area contributed by atoms with E-state index in [9.17, 15) is 10.5 Å². The van der Waals surface area contributed by atoms with E-state index in [0.29, 0.717) is 11.6 Å². The van der Waals surface area contributed by atoms with E-state index >= 15 is 0 Å². The summed E-state index contributed by atoms with van der Waals surface area (Å²) in [4.78, 5) is 0. The van der Waals surface area contributed by atoms with E-state index in [-0.39, 0.29) is 33.1 Å². The van der Waals surface area contributed by atoms with Gasteiger partial charge in [-0.3, -0.25) is 0 Å². The number of hydrogen-bond acceptors (Lipinski definition) is 16. The van der Waals surface area contributed by atoms with Crippen molar-refractivity contribution in [1.82, 2.24) is 21.3 Å².